The van der Waals surface area contributed by atoms with E-state index in [9.17, 15) is 10.2 Å². The smallest absolute Gasteiger partial charge is 0.0936 e. The second-order valence-corrected chi connectivity index (χ2v) is 4.62. The molecule has 1 heterocycles. The highest BCUT2D eigenvalue weighted by Crippen LogP contribution is 2.24. The molecule has 2 atom stereocenters. The molecule has 0 spiro atoms. The lowest BCUT2D eigenvalue weighted by molar-refractivity contribution is 0.0854. The highest BCUT2D eigenvalue weighted by molar-refractivity contribution is 5.47. The number of benzene rings is 1. The van der Waals surface area contributed by atoms with Crippen LogP contribution in [0.15, 0.2) is 24.3 Å². The summed E-state index contributed by atoms with van der Waals surface area (Å²) >= 11 is 0. The Morgan fingerprint density at radius 3 is 2.88 bits per heavy atom. The first-order chi connectivity index (χ1) is 8.22. The fourth-order valence-electron chi connectivity index (χ4n) is 2.48. The van der Waals surface area contributed by atoms with Crippen LogP contribution in [-0.2, 0) is 0 Å². The van der Waals surface area contributed by atoms with Crippen molar-refractivity contribution in [1.29, 1.82) is 0 Å². The summed E-state index contributed by atoms with van der Waals surface area (Å²) in [5, 5.41) is 19.4. The standard InChI is InChI=1S/C13H20N2O2/c14-12-6-2-1-5-11(12)13(17)8-15-7-3-4-10(15)9-16/h1-2,5-6,10,13,16-17H,3-4,7-9,14H2. The van der Waals surface area contributed by atoms with Crippen molar-refractivity contribution in [3.05, 3.63) is 29.8 Å². The van der Waals surface area contributed by atoms with Crippen LogP contribution in [0.2, 0.25) is 0 Å². The van der Waals surface area contributed by atoms with Gasteiger partial charge in [-0.3, -0.25) is 4.90 Å². The molecule has 0 bridgehead atoms. The summed E-state index contributed by atoms with van der Waals surface area (Å²) in [6.45, 7) is 1.64. The van der Waals surface area contributed by atoms with Gasteiger partial charge in [-0.2, -0.15) is 0 Å². The van der Waals surface area contributed by atoms with Crippen LogP contribution in [0.5, 0.6) is 0 Å². The molecule has 0 amide bonds. The first kappa shape index (κ1) is 12.4. The van der Waals surface area contributed by atoms with E-state index in [1.54, 1.807) is 6.07 Å². The number of nitrogen functional groups attached to an aromatic ring is 1. The SMILES string of the molecule is Nc1ccccc1C(O)CN1CCCC1CO. The van der Waals surface area contributed by atoms with Crippen molar-refractivity contribution in [3.8, 4) is 0 Å². The normalized spacial score (nSPS) is 22.8. The van der Waals surface area contributed by atoms with Crippen molar-refractivity contribution in [2.24, 2.45) is 0 Å². The average Bonchev–Trinajstić information content (AvgIpc) is 2.76. The van der Waals surface area contributed by atoms with Crippen molar-refractivity contribution < 1.29 is 10.2 Å². The molecule has 1 aliphatic heterocycles. The molecule has 0 aliphatic carbocycles. The summed E-state index contributed by atoms with van der Waals surface area (Å²) < 4.78 is 0. The van der Waals surface area contributed by atoms with Crippen LogP contribution >= 0.6 is 0 Å². The molecule has 17 heavy (non-hydrogen) atoms. The molecule has 4 nitrogen and oxygen atoms in total. The lowest BCUT2D eigenvalue weighted by atomic mass is 10.1. The number of para-hydroxylation sites is 1. The van der Waals surface area contributed by atoms with Gasteiger partial charge in [0.1, 0.15) is 0 Å². The average molecular weight is 236 g/mol. The molecule has 1 fully saturated rings. The summed E-state index contributed by atoms with van der Waals surface area (Å²) in [5.41, 5.74) is 7.23. The number of hydrogen-bond donors (Lipinski definition) is 3. The van der Waals surface area contributed by atoms with Gasteiger partial charge in [-0.05, 0) is 25.5 Å². The van der Waals surface area contributed by atoms with E-state index >= 15 is 0 Å². The van der Waals surface area contributed by atoms with Crippen LogP contribution < -0.4 is 5.73 Å². The number of nitrogens with two attached hydrogens (primary N) is 1. The molecule has 0 aromatic heterocycles. The number of rotatable bonds is 4. The first-order valence-corrected chi connectivity index (χ1v) is 6.09. The van der Waals surface area contributed by atoms with Crippen molar-refractivity contribution in [2.75, 3.05) is 25.4 Å². The van der Waals surface area contributed by atoms with Gasteiger partial charge in [0.25, 0.3) is 0 Å². The van der Waals surface area contributed by atoms with Crippen molar-refractivity contribution in [2.45, 2.75) is 25.0 Å². The molecule has 94 valence electrons. The zero-order valence-electron chi connectivity index (χ0n) is 9.92. The number of aliphatic hydroxyl groups excluding tert-OH is 2. The number of hydrogen-bond acceptors (Lipinski definition) is 4. The van der Waals surface area contributed by atoms with Gasteiger partial charge in [-0.25, -0.2) is 0 Å². The minimum Gasteiger partial charge on any atom is -0.398 e. The topological polar surface area (TPSA) is 69.7 Å². The molecule has 2 unspecified atom stereocenters. The molecule has 4 N–H and O–H groups in total. The Morgan fingerprint density at radius 1 is 1.41 bits per heavy atom. The summed E-state index contributed by atoms with van der Waals surface area (Å²) in [6.07, 6.45) is 1.51. The Bertz CT molecular complexity index is 370. The minimum atomic E-state index is -0.580. The highest BCUT2D eigenvalue weighted by Gasteiger charge is 2.26. The maximum atomic E-state index is 10.2. The largest absolute Gasteiger partial charge is 0.398 e. The predicted molar refractivity (Wildman–Crippen MR) is 67.5 cm³/mol. The van der Waals surface area contributed by atoms with E-state index in [2.05, 4.69) is 4.90 Å². The van der Waals surface area contributed by atoms with E-state index in [1.165, 1.54) is 0 Å². The zero-order chi connectivity index (χ0) is 12.3. The highest BCUT2D eigenvalue weighted by atomic mass is 16.3. The van der Waals surface area contributed by atoms with E-state index in [1.807, 2.05) is 18.2 Å². The predicted octanol–water partition coefficient (Wildman–Crippen LogP) is 0.759. The molecule has 0 saturated carbocycles. The van der Waals surface area contributed by atoms with Crippen LogP contribution in [0.25, 0.3) is 0 Å². The molecule has 1 aromatic rings. The maximum Gasteiger partial charge on any atom is 0.0936 e. The summed E-state index contributed by atoms with van der Waals surface area (Å²) in [4.78, 5) is 2.14. The molecule has 1 aliphatic rings. The fraction of sp³-hybridized carbons (Fsp3) is 0.538. The van der Waals surface area contributed by atoms with Gasteiger partial charge < -0.3 is 15.9 Å². The van der Waals surface area contributed by atoms with E-state index in [0.717, 1.165) is 24.9 Å². The van der Waals surface area contributed by atoms with Gasteiger partial charge in [0, 0.05) is 23.8 Å². The van der Waals surface area contributed by atoms with Gasteiger partial charge in [0.05, 0.1) is 12.7 Å². The Hall–Kier alpha value is -1.10. The molecule has 2 rings (SSSR count). The second-order valence-electron chi connectivity index (χ2n) is 4.62. The number of nitrogens with zero attached hydrogens (tertiary/aromatic N) is 1. The zero-order valence-corrected chi connectivity index (χ0v) is 9.92. The summed E-state index contributed by atoms with van der Waals surface area (Å²) in [7, 11) is 0. The molecule has 0 radical (unpaired) electrons. The van der Waals surface area contributed by atoms with E-state index < -0.39 is 6.10 Å². The van der Waals surface area contributed by atoms with E-state index in [-0.39, 0.29) is 12.6 Å². The number of β-amino-alcohol motifs (C(OH)–C–C–N with tert-alkyl or cyclic N) is 1. The Labute approximate surface area is 102 Å². The Kier molecular flexibility index (Phi) is 3.99. The lowest BCUT2D eigenvalue weighted by Gasteiger charge is -2.26. The minimum absolute atomic E-state index is 0.164. The number of anilines is 1. The number of likely N-dealkylation sites (tertiary alicyclic amines) is 1. The first-order valence-electron chi connectivity index (χ1n) is 6.09. The number of aliphatic hydroxyl groups is 2. The van der Waals surface area contributed by atoms with Crippen LogP contribution in [0.4, 0.5) is 5.69 Å². The van der Waals surface area contributed by atoms with Gasteiger partial charge in [0.15, 0.2) is 0 Å². The third kappa shape index (κ3) is 2.77. The monoisotopic (exact) mass is 236 g/mol. The van der Waals surface area contributed by atoms with Crippen molar-refractivity contribution in [1.82, 2.24) is 4.90 Å². The van der Waals surface area contributed by atoms with Crippen LogP contribution in [0, 0.1) is 0 Å². The van der Waals surface area contributed by atoms with Crippen LogP contribution in [0.3, 0.4) is 0 Å². The molecule has 4 heteroatoms. The van der Waals surface area contributed by atoms with Gasteiger partial charge in [0.2, 0.25) is 0 Å². The third-order valence-corrected chi connectivity index (χ3v) is 3.47. The van der Waals surface area contributed by atoms with Crippen LogP contribution in [-0.4, -0.2) is 40.9 Å². The molecule has 1 saturated heterocycles. The second kappa shape index (κ2) is 5.49. The Balaban J connectivity index is 2.01. The third-order valence-electron chi connectivity index (χ3n) is 3.47. The van der Waals surface area contributed by atoms with Gasteiger partial charge in [-0.15, -0.1) is 0 Å². The summed E-state index contributed by atoms with van der Waals surface area (Å²) in [5.74, 6) is 0. The van der Waals surface area contributed by atoms with E-state index in [4.69, 9.17) is 5.73 Å². The molecular formula is C13H20N2O2. The van der Waals surface area contributed by atoms with Crippen molar-refractivity contribution in [3.63, 3.8) is 0 Å². The fourth-order valence-corrected chi connectivity index (χ4v) is 2.48. The van der Waals surface area contributed by atoms with Crippen molar-refractivity contribution >= 4 is 5.69 Å². The molecular weight excluding hydrogens is 216 g/mol. The summed E-state index contributed by atoms with van der Waals surface area (Å²) in [6, 6.07) is 7.57. The Morgan fingerprint density at radius 2 is 2.18 bits per heavy atom. The maximum absolute atomic E-state index is 10.2. The van der Waals surface area contributed by atoms with Crippen LogP contribution in [0.1, 0.15) is 24.5 Å². The lowest BCUT2D eigenvalue weighted by Crippen LogP contribution is -2.35. The quantitative estimate of drug-likeness (QED) is 0.675. The van der Waals surface area contributed by atoms with Gasteiger partial charge >= 0.3 is 0 Å². The molecule has 1 aromatic carbocycles. The van der Waals surface area contributed by atoms with E-state index in [0.29, 0.717) is 12.2 Å². The van der Waals surface area contributed by atoms with Gasteiger partial charge in [-0.1, -0.05) is 18.2 Å².